The van der Waals surface area contributed by atoms with Crippen molar-refractivity contribution in [2.24, 2.45) is 0 Å². The van der Waals surface area contributed by atoms with Gasteiger partial charge in [0.15, 0.2) is 0 Å². The van der Waals surface area contributed by atoms with Crippen LogP contribution in [-0.4, -0.2) is 47.7 Å². The number of aliphatic hydroxyl groups is 1. The quantitative estimate of drug-likeness (QED) is 0.117. The molecule has 0 rings (SSSR count). The van der Waals surface area contributed by atoms with Crippen molar-refractivity contribution in [1.29, 1.82) is 0 Å². The molecule has 200 valence electrons. The predicted molar refractivity (Wildman–Crippen MR) is 141 cm³/mol. The first-order valence-corrected chi connectivity index (χ1v) is 16.4. The molecule has 0 saturated heterocycles. The molecule has 0 atom stereocenters. The predicted octanol–water partition coefficient (Wildman–Crippen LogP) is 7.04. The average molecular weight is 525 g/mol. The second kappa shape index (κ2) is 29.1. The minimum absolute atomic E-state index is 0. The summed E-state index contributed by atoms with van der Waals surface area (Å²) >= 11 is 0. The summed E-state index contributed by atoms with van der Waals surface area (Å²) in [4.78, 5) is 0. The Morgan fingerprint density at radius 1 is 0.625 bits per heavy atom. The smallest absolute Gasteiger partial charge is 0.264 e. The van der Waals surface area contributed by atoms with Gasteiger partial charge in [0.2, 0.25) is 9.05 Å². The fourth-order valence-corrected chi connectivity index (χ4v) is 3.11. The van der Waals surface area contributed by atoms with E-state index in [0.717, 1.165) is 31.8 Å². The maximum absolute atomic E-state index is 10.6. The second-order valence-corrected chi connectivity index (χ2v) is 12.6. The monoisotopic (exact) mass is 524 g/mol. The van der Waals surface area contributed by atoms with Gasteiger partial charge in [0.05, 0.1) is 19.1 Å². The van der Waals surface area contributed by atoms with E-state index in [-0.39, 0.29) is 7.43 Å². The largest absolute Gasteiger partial charge is 0.396 e. The summed E-state index contributed by atoms with van der Waals surface area (Å²) in [6.45, 7) is 5.16. The number of aliphatic hydroxyl groups excluding tert-OH is 1. The zero-order valence-electron chi connectivity index (χ0n) is 20.4. The van der Waals surface area contributed by atoms with Crippen LogP contribution in [0, 0.1) is 0 Å². The van der Waals surface area contributed by atoms with E-state index in [1.165, 1.54) is 83.5 Å². The van der Waals surface area contributed by atoms with Gasteiger partial charge in [-0.25, -0.2) is 8.42 Å². The molecule has 0 spiro atoms. The van der Waals surface area contributed by atoms with Crippen molar-refractivity contribution in [1.82, 2.24) is 0 Å². The zero-order valence-corrected chi connectivity index (χ0v) is 22.8. The molecule has 0 saturated carbocycles. The highest BCUT2D eigenvalue weighted by Crippen LogP contribution is 2.09. The van der Waals surface area contributed by atoms with Crippen LogP contribution in [0.5, 0.6) is 0 Å². The Morgan fingerprint density at radius 3 is 1.19 bits per heavy atom. The maximum Gasteiger partial charge on any atom is 0.264 e. The Morgan fingerprint density at radius 2 is 0.906 bits per heavy atom. The van der Waals surface area contributed by atoms with E-state index in [1.807, 2.05) is 0 Å². The first-order valence-electron chi connectivity index (χ1n) is 11.8. The van der Waals surface area contributed by atoms with Crippen LogP contribution in [0.2, 0.25) is 0 Å². The van der Waals surface area contributed by atoms with Gasteiger partial charge < -0.3 is 5.11 Å². The third kappa shape index (κ3) is 63.1. The Hall–Kier alpha value is 0.110. The number of rotatable bonds is 18. The molecule has 6 nitrogen and oxygen atoms in total. The lowest BCUT2D eigenvalue weighted by molar-refractivity contribution is 0.282. The van der Waals surface area contributed by atoms with E-state index in [1.54, 1.807) is 0 Å². The highest BCUT2D eigenvalue weighted by molar-refractivity contribution is 8.13. The first kappa shape index (κ1) is 39.3. The molecule has 0 bridgehead atoms. The highest BCUT2D eigenvalue weighted by atomic mass is 35.7. The fourth-order valence-electron chi connectivity index (χ4n) is 2.69. The lowest BCUT2D eigenvalue weighted by atomic mass is 10.1. The van der Waals surface area contributed by atoms with Crippen molar-refractivity contribution in [2.45, 2.75) is 124 Å². The third-order valence-corrected chi connectivity index (χ3v) is 4.90. The lowest BCUT2D eigenvalue weighted by Gasteiger charge is -2.02. The molecule has 0 heterocycles. The molecule has 0 aliphatic carbocycles. The van der Waals surface area contributed by atoms with Gasteiger partial charge in [-0.3, -0.25) is 4.18 Å². The summed E-state index contributed by atoms with van der Waals surface area (Å²) in [6.07, 6.45) is 22.0. The number of halogens is 1. The van der Waals surface area contributed by atoms with Gasteiger partial charge in [-0.1, -0.05) is 111 Å². The molecule has 0 aliphatic rings. The van der Waals surface area contributed by atoms with E-state index in [2.05, 4.69) is 28.7 Å². The number of hydrogen-bond acceptors (Lipinski definition) is 6. The van der Waals surface area contributed by atoms with Crippen molar-refractivity contribution >= 4 is 29.9 Å². The Balaban J connectivity index is -0.000000203. The number of hydrogen-bond donors (Lipinski definition) is 1. The highest BCUT2D eigenvalue weighted by Gasteiger charge is 2.00. The fraction of sp³-hybridized carbons (Fsp3) is 1.00. The van der Waals surface area contributed by atoms with E-state index in [4.69, 9.17) is 5.11 Å². The zero-order chi connectivity index (χ0) is 24.4. The van der Waals surface area contributed by atoms with Gasteiger partial charge in [-0.05, 0) is 12.8 Å². The summed E-state index contributed by atoms with van der Waals surface area (Å²) in [7, 11) is -1.92. The van der Waals surface area contributed by atoms with Crippen molar-refractivity contribution in [3.8, 4) is 0 Å². The maximum atomic E-state index is 10.6. The Kier molecular flexibility index (Phi) is 35.8. The van der Waals surface area contributed by atoms with Crippen molar-refractivity contribution < 1.29 is 26.1 Å². The van der Waals surface area contributed by atoms with Gasteiger partial charge in [0, 0.05) is 17.3 Å². The normalized spacial score (nSPS) is 10.9. The molecule has 1 N–H and O–H groups in total. The standard InChI is InChI=1S/C11H24O3S.C10H22O.CH3ClO2S.CH4/c1-3-4-5-6-7-8-9-10-11-14-15(2,12)13;1-2-3-4-5-6-7-8-9-10-11;1-5(2,3)4;/h3-11H2,1-2H3;11H,2-10H2,1H3;1H3;1H4. The summed E-state index contributed by atoms with van der Waals surface area (Å²) in [6, 6.07) is 0. The molecule has 0 radical (unpaired) electrons. The van der Waals surface area contributed by atoms with Crippen LogP contribution < -0.4 is 0 Å². The van der Waals surface area contributed by atoms with Gasteiger partial charge in [-0.2, -0.15) is 8.42 Å². The molecule has 9 heteroatoms. The molecule has 0 aliphatic heterocycles. The van der Waals surface area contributed by atoms with Crippen LogP contribution in [0.15, 0.2) is 0 Å². The molecule has 0 aromatic carbocycles. The van der Waals surface area contributed by atoms with Crippen LogP contribution in [0.4, 0.5) is 0 Å². The molecule has 0 aromatic rings. The summed E-state index contributed by atoms with van der Waals surface area (Å²) in [5.74, 6) is 0. The average Bonchev–Trinajstić information content (AvgIpc) is 2.64. The molecular weight excluding hydrogens is 472 g/mol. The minimum Gasteiger partial charge on any atom is -0.396 e. The van der Waals surface area contributed by atoms with Crippen molar-refractivity contribution in [3.05, 3.63) is 0 Å². The SMILES string of the molecule is C.CCCCCCCCCCO.CCCCCCCCCCOS(C)(=O)=O.CS(=O)(=O)Cl. The summed E-state index contributed by atoms with van der Waals surface area (Å²) in [5.41, 5.74) is 0. The molecule has 0 fully saturated rings. The van der Waals surface area contributed by atoms with E-state index in [0.29, 0.717) is 13.2 Å². The molecule has 0 aromatic heterocycles. The van der Waals surface area contributed by atoms with Crippen LogP contribution >= 0.6 is 10.7 Å². The van der Waals surface area contributed by atoms with Crippen LogP contribution in [0.1, 0.15) is 124 Å². The molecule has 0 amide bonds. The van der Waals surface area contributed by atoms with Crippen LogP contribution in [0.3, 0.4) is 0 Å². The first-order chi connectivity index (χ1) is 14.5. The van der Waals surface area contributed by atoms with Crippen LogP contribution in [-0.2, 0) is 23.4 Å². The summed E-state index contributed by atoms with van der Waals surface area (Å²) in [5, 5.41) is 8.51. The lowest BCUT2D eigenvalue weighted by Crippen LogP contribution is -2.03. The topological polar surface area (TPSA) is 97.7 Å². The van der Waals surface area contributed by atoms with Gasteiger partial charge in [0.1, 0.15) is 0 Å². The number of unbranched alkanes of at least 4 members (excludes halogenated alkanes) is 14. The van der Waals surface area contributed by atoms with Gasteiger partial charge >= 0.3 is 0 Å². The van der Waals surface area contributed by atoms with E-state index in [9.17, 15) is 16.8 Å². The Labute approximate surface area is 205 Å². The summed E-state index contributed by atoms with van der Waals surface area (Å²) < 4.78 is 44.7. The van der Waals surface area contributed by atoms with Gasteiger partial charge in [0.25, 0.3) is 10.1 Å². The van der Waals surface area contributed by atoms with Crippen molar-refractivity contribution in [3.63, 3.8) is 0 Å². The molecular formula is C23H53ClO6S2. The van der Waals surface area contributed by atoms with E-state index >= 15 is 0 Å². The third-order valence-electron chi connectivity index (χ3n) is 4.31. The van der Waals surface area contributed by atoms with Gasteiger partial charge in [-0.15, -0.1) is 0 Å². The molecule has 32 heavy (non-hydrogen) atoms. The Bertz CT molecular complexity index is 521. The van der Waals surface area contributed by atoms with E-state index < -0.39 is 19.2 Å². The second-order valence-electron chi connectivity index (χ2n) is 7.88. The minimum atomic E-state index is -3.23. The molecule has 0 unspecified atom stereocenters. The van der Waals surface area contributed by atoms with Crippen LogP contribution in [0.25, 0.3) is 0 Å². The van der Waals surface area contributed by atoms with Crippen molar-refractivity contribution in [2.75, 3.05) is 25.7 Å².